The van der Waals surface area contributed by atoms with E-state index >= 15 is 0 Å². The maximum atomic E-state index is 14.1. The van der Waals surface area contributed by atoms with Gasteiger partial charge in [-0.1, -0.05) is 34.1 Å². The third kappa shape index (κ3) is 3.89. The van der Waals surface area contributed by atoms with Crippen LogP contribution >= 0.6 is 15.9 Å². The lowest BCUT2D eigenvalue weighted by molar-refractivity contribution is -0.162. The highest BCUT2D eigenvalue weighted by Crippen LogP contribution is 2.37. The molecule has 3 rings (SSSR count). The van der Waals surface area contributed by atoms with Crippen molar-refractivity contribution in [2.75, 3.05) is 18.5 Å². The van der Waals surface area contributed by atoms with E-state index < -0.39 is 29.5 Å². The summed E-state index contributed by atoms with van der Waals surface area (Å²) in [6, 6.07) is 11.7. The third-order valence-electron chi connectivity index (χ3n) is 3.79. The predicted octanol–water partition coefficient (Wildman–Crippen LogP) is 3.78. The maximum Gasteiger partial charge on any atom is 0.338 e. The fraction of sp³-hybridized carbons (Fsp3) is 0.278. The predicted molar refractivity (Wildman–Crippen MR) is 89.4 cm³/mol. The van der Waals surface area contributed by atoms with Crippen molar-refractivity contribution >= 4 is 21.9 Å². The van der Waals surface area contributed by atoms with Gasteiger partial charge in [-0.25, -0.2) is 13.6 Å². The molecule has 0 spiro atoms. The molecule has 1 saturated heterocycles. The number of carbonyl (C=O) groups is 1. The Balaban J connectivity index is 1.66. The number of hydrogen-bond acceptors (Lipinski definition) is 4. The molecule has 1 fully saturated rings. The second kappa shape index (κ2) is 7.59. The summed E-state index contributed by atoms with van der Waals surface area (Å²) in [7, 11) is 0. The molecule has 4 nitrogen and oxygen atoms in total. The van der Waals surface area contributed by atoms with Crippen molar-refractivity contribution in [3.63, 3.8) is 0 Å². The zero-order valence-corrected chi connectivity index (χ0v) is 14.7. The smallest absolute Gasteiger partial charge is 0.338 e. The van der Waals surface area contributed by atoms with E-state index in [1.54, 1.807) is 30.3 Å². The molecule has 0 bridgehead atoms. The molecule has 0 radical (unpaired) electrons. The van der Waals surface area contributed by atoms with Crippen molar-refractivity contribution in [3.05, 3.63) is 71.3 Å². The molecule has 1 aliphatic rings. The molecule has 0 aromatic heterocycles. The number of benzene rings is 2. The lowest BCUT2D eigenvalue weighted by atomic mass is 10.1. The van der Waals surface area contributed by atoms with Gasteiger partial charge in [-0.3, -0.25) is 0 Å². The molecule has 1 aliphatic heterocycles. The van der Waals surface area contributed by atoms with E-state index in [2.05, 4.69) is 15.9 Å². The summed E-state index contributed by atoms with van der Waals surface area (Å²) in [5.41, 5.74) is 0.514. The Morgan fingerprint density at radius 3 is 2.68 bits per heavy atom. The first-order valence-electron chi connectivity index (χ1n) is 7.59. The third-order valence-corrected chi connectivity index (χ3v) is 4.52. The van der Waals surface area contributed by atoms with Crippen molar-refractivity contribution in [3.8, 4) is 0 Å². The molecule has 2 aromatic carbocycles. The number of rotatable bonds is 5. The Labute approximate surface area is 151 Å². The van der Waals surface area contributed by atoms with E-state index in [0.29, 0.717) is 5.56 Å². The van der Waals surface area contributed by atoms with Crippen LogP contribution in [0.25, 0.3) is 0 Å². The summed E-state index contributed by atoms with van der Waals surface area (Å²) in [4.78, 5) is 12.0. The average Bonchev–Trinajstić information content (AvgIpc) is 3.05. The SMILES string of the molecule is O=C(OC[C@@H]1CO[C@](CBr)(c2ccc(F)cc2F)O1)c1ccccc1. The zero-order valence-electron chi connectivity index (χ0n) is 13.1. The van der Waals surface area contributed by atoms with Crippen LogP contribution < -0.4 is 0 Å². The minimum atomic E-state index is -1.39. The maximum absolute atomic E-state index is 14.1. The zero-order chi connectivity index (χ0) is 17.9. The highest BCUT2D eigenvalue weighted by atomic mass is 79.9. The molecule has 1 heterocycles. The Morgan fingerprint density at radius 1 is 1.24 bits per heavy atom. The highest BCUT2D eigenvalue weighted by molar-refractivity contribution is 9.09. The largest absolute Gasteiger partial charge is 0.459 e. The second-order valence-corrected chi connectivity index (χ2v) is 6.09. The van der Waals surface area contributed by atoms with Gasteiger partial charge < -0.3 is 14.2 Å². The molecule has 0 unspecified atom stereocenters. The van der Waals surface area contributed by atoms with Crippen LogP contribution in [0.3, 0.4) is 0 Å². The van der Waals surface area contributed by atoms with Gasteiger partial charge in [0, 0.05) is 11.6 Å². The summed E-state index contributed by atoms with van der Waals surface area (Å²) in [6.45, 7) is 0.0791. The Bertz CT molecular complexity index is 756. The first-order valence-corrected chi connectivity index (χ1v) is 8.72. The summed E-state index contributed by atoms with van der Waals surface area (Å²) in [5.74, 6) is -3.31. The van der Waals surface area contributed by atoms with Crippen molar-refractivity contribution < 1.29 is 27.8 Å². The quantitative estimate of drug-likeness (QED) is 0.553. The molecule has 0 aliphatic carbocycles. The van der Waals surface area contributed by atoms with Crippen molar-refractivity contribution in [1.29, 1.82) is 0 Å². The molecule has 0 amide bonds. The van der Waals surface area contributed by atoms with Gasteiger partial charge >= 0.3 is 5.97 Å². The molecule has 132 valence electrons. The van der Waals surface area contributed by atoms with Crippen molar-refractivity contribution in [1.82, 2.24) is 0 Å². The lowest BCUT2D eigenvalue weighted by Gasteiger charge is -2.26. The van der Waals surface area contributed by atoms with Gasteiger partial charge in [0.05, 0.1) is 17.5 Å². The van der Waals surface area contributed by atoms with Crippen molar-refractivity contribution in [2.45, 2.75) is 11.9 Å². The number of alkyl halides is 1. The lowest BCUT2D eigenvalue weighted by Crippen LogP contribution is -2.32. The first-order chi connectivity index (χ1) is 12.0. The van der Waals surface area contributed by atoms with Gasteiger partial charge in [0.2, 0.25) is 5.79 Å². The van der Waals surface area contributed by atoms with Crippen LogP contribution in [0.15, 0.2) is 48.5 Å². The van der Waals surface area contributed by atoms with Crippen molar-refractivity contribution in [2.24, 2.45) is 0 Å². The Kier molecular flexibility index (Phi) is 5.46. The van der Waals surface area contributed by atoms with E-state index in [4.69, 9.17) is 14.2 Å². The Morgan fingerprint density at radius 2 is 2.00 bits per heavy atom. The minimum Gasteiger partial charge on any atom is -0.459 e. The minimum absolute atomic E-state index is 0.0364. The fourth-order valence-electron chi connectivity index (χ4n) is 2.55. The van der Waals surface area contributed by atoms with E-state index in [1.807, 2.05) is 0 Å². The number of ether oxygens (including phenoxy) is 3. The number of carbonyl (C=O) groups excluding carboxylic acids is 1. The van der Waals surface area contributed by atoms with E-state index in [0.717, 1.165) is 12.1 Å². The standard InChI is InChI=1S/C18H15BrF2O4/c19-11-18(15-7-6-13(20)8-16(15)21)24-10-14(25-18)9-23-17(22)12-4-2-1-3-5-12/h1-8,14H,9-11H2/t14-,18+/m1/s1. The van der Waals surface area contributed by atoms with E-state index in [1.165, 1.54) is 6.07 Å². The van der Waals surface area contributed by atoms with Crippen LogP contribution in [-0.2, 0) is 20.0 Å². The summed E-state index contributed by atoms with van der Waals surface area (Å²) >= 11 is 3.25. The molecule has 2 aromatic rings. The van der Waals surface area contributed by atoms with Crippen LogP contribution in [-0.4, -0.2) is 30.6 Å². The summed E-state index contributed by atoms with van der Waals surface area (Å²) in [6.07, 6.45) is -0.560. The van der Waals surface area contributed by atoms with Gasteiger partial charge in [0.15, 0.2) is 0 Å². The normalized spacial score (nSPS) is 22.8. The van der Waals surface area contributed by atoms with Crippen LogP contribution in [0.4, 0.5) is 8.78 Å². The molecule has 2 atom stereocenters. The highest BCUT2D eigenvalue weighted by Gasteiger charge is 2.44. The van der Waals surface area contributed by atoms with Crippen LogP contribution in [0, 0.1) is 11.6 Å². The van der Waals surface area contributed by atoms with E-state index in [9.17, 15) is 13.6 Å². The second-order valence-electron chi connectivity index (χ2n) is 5.53. The van der Waals surface area contributed by atoms with Gasteiger partial charge in [0.1, 0.15) is 24.3 Å². The van der Waals surface area contributed by atoms with Gasteiger partial charge in [0.25, 0.3) is 0 Å². The summed E-state index contributed by atoms with van der Waals surface area (Å²) < 4.78 is 43.8. The first kappa shape index (κ1) is 18.0. The molecular formula is C18H15BrF2O4. The van der Waals surface area contributed by atoms with Crippen LogP contribution in [0.1, 0.15) is 15.9 Å². The molecule has 7 heteroatoms. The van der Waals surface area contributed by atoms with Gasteiger partial charge in [-0.15, -0.1) is 0 Å². The van der Waals surface area contributed by atoms with Crippen LogP contribution in [0.2, 0.25) is 0 Å². The average molecular weight is 413 g/mol. The number of esters is 1. The molecule has 0 N–H and O–H groups in total. The summed E-state index contributed by atoms with van der Waals surface area (Å²) in [5, 5.41) is 0.145. The fourth-order valence-corrected chi connectivity index (χ4v) is 3.15. The van der Waals surface area contributed by atoms with Crippen LogP contribution in [0.5, 0.6) is 0 Å². The molecule has 0 saturated carbocycles. The van der Waals surface area contributed by atoms with Gasteiger partial charge in [-0.05, 0) is 24.3 Å². The van der Waals surface area contributed by atoms with Gasteiger partial charge in [-0.2, -0.15) is 0 Å². The monoisotopic (exact) mass is 412 g/mol. The van der Waals surface area contributed by atoms with E-state index in [-0.39, 0.29) is 24.1 Å². The topological polar surface area (TPSA) is 44.8 Å². The number of halogens is 3. The molecule has 25 heavy (non-hydrogen) atoms. The molecular weight excluding hydrogens is 398 g/mol. The number of hydrogen-bond donors (Lipinski definition) is 0. The Hall–Kier alpha value is -1.83.